The number of carbonyl (C=O) groups excluding carboxylic acids is 1. The standard InChI is InChI=1S/C6H8OS2/c1-9-6(8)4-2-3-5-7/h2,4-5H,3H2,1H3/b4-2-. The van der Waals surface area contributed by atoms with E-state index in [-0.39, 0.29) is 0 Å². The molecule has 0 heterocycles. The summed E-state index contributed by atoms with van der Waals surface area (Å²) in [5.41, 5.74) is 0. The third-order valence-corrected chi connectivity index (χ3v) is 1.86. The van der Waals surface area contributed by atoms with Gasteiger partial charge in [0.05, 0.1) is 4.20 Å². The maximum Gasteiger partial charge on any atom is 0.123 e. The molecule has 0 unspecified atom stereocenters. The first-order valence-corrected chi connectivity index (χ1v) is 4.12. The molecule has 3 heteroatoms. The SMILES string of the molecule is CSC(=S)/C=C\CC=O. The van der Waals surface area contributed by atoms with Crippen LogP contribution in [0.2, 0.25) is 0 Å². The summed E-state index contributed by atoms with van der Waals surface area (Å²) in [4.78, 5) is 9.77. The minimum Gasteiger partial charge on any atom is -0.303 e. The van der Waals surface area contributed by atoms with Crippen LogP contribution < -0.4 is 0 Å². The summed E-state index contributed by atoms with van der Waals surface area (Å²) in [6, 6.07) is 0. The molecule has 0 aliphatic rings. The first kappa shape index (κ1) is 8.85. The van der Waals surface area contributed by atoms with E-state index in [0.717, 1.165) is 10.5 Å². The van der Waals surface area contributed by atoms with E-state index in [1.807, 2.05) is 6.26 Å². The van der Waals surface area contributed by atoms with E-state index in [2.05, 4.69) is 0 Å². The molecule has 0 amide bonds. The first-order valence-electron chi connectivity index (χ1n) is 2.49. The average Bonchev–Trinajstić information content (AvgIpc) is 1.89. The van der Waals surface area contributed by atoms with Crippen molar-refractivity contribution < 1.29 is 4.79 Å². The Morgan fingerprint density at radius 1 is 1.78 bits per heavy atom. The Balaban J connectivity index is 3.43. The maximum atomic E-state index is 9.77. The van der Waals surface area contributed by atoms with Crippen molar-refractivity contribution in [2.45, 2.75) is 6.42 Å². The van der Waals surface area contributed by atoms with Gasteiger partial charge >= 0.3 is 0 Å². The van der Waals surface area contributed by atoms with Crippen LogP contribution in [0, 0.1) is 0 Å². The molecule has 0 aliphatic heterocycles. The van der Waals surface area contributed by atoms with Crippen molar-refractivity contribution in [3.05, 3.63) is 12.2 Å². The highest BCUT2D eigenvalue weighted by Crippen LogP contribution is 1.98. The van der Waals surface area contributed by atoms with Crippen molar-refractivity contribution in [1.82, 2.24) is 0 Å². The average molecular weight is 160 g/mol. The number of thioether (sulfide) groups is 1. The molecule has 0 aliphatic carbocycles. The first-order chi connectivity index (χ1) is 4.31. The van der Waals surface area contributed by atoms with Gasteiger partial charge in [-0.3, -0.25) is 0 Å². The number of carbonyl (C=O) groups is 1. The molecule has 0 fully saturated rings. The monoisotopic (exact) mass is 160 g/mol. The Labute approximate surface area is 64.5 Å². The lowest BCUT2D eigenvalue weighted by atomic mass is 10.4. The number of rotatable bonds is 3. The molecule has 0 rings (SSSR count). The lowest BCUT2D eigenvalue weighted by molar-refractivity contribution is -0.107. The van der Waals surface area contributed by atoms with E-state index in [9.17, 15) is 4.79 Å². The highest BCUT2D eigenvalue weighted by atomic mass is 32.2. The second-order valence-electron chi connectivity index (χ2n) is 1.33. The van der Waals surface area contributed by atoms with Gasteiger partial charge in [-0.2, -0.15) is 0 Å². The molecular weight excluding hydrogens is 152 g/mol. The summed E-state index contributed by atoms with van der Waals surface area (Å²) in [5.74, 6) is 0. The largest absolute Gasteiger partial charge is 0.303 e. The van der Waals surface area contributed by atoms with Gasteiger partial charge in [0.1, 0.15) is 6.29 Å². The minimum atomic E-state index is 0.459. The van der Waals surface area contributed by atoms with E-state index in [4.69, 9.17) is 12.2 Å². The van der Waals surface area contributed by atoms with Crippen molar-refractivity contribution in [3.63, 3.8) is 0 Å². The minimum absolute atomic E-state index is 0.459. The van der Waals surface area contributed by atoms with Gasteiger partial charge in [0.2, 0.25) is 0 Å². The van der Waals surface area contributed by atoms with Gasteiger partial charge in [-0.1, -0.05) is 18.3 Å². The van der Waals surface area contributed by atoms with Crippen molar-refractivity contribution in [2.24, 2.45) is 0 Å². The third kappa shape index (κ3) is 5.73. The maximum absolute atomic E-state index is 9.77. The Morgan fingerprint density at radius 3 is 2.89 bits per heavy atom. The lowest BCUT2D eigenvalue weighted by Gasteiger charge is -1.84. The Hall–Kier alpha value is -0.150. The molecular formula is C6H8OS2. The van der Waals surface area contributed by atoms with E-state index >= 15 is 0 Å². The number of thiocarbonyl (C=S) groups is 1. The van der Waals surface area contributed by atoms with Gasteiger partial charge in [-0.25, -0.2) is 0 Å². The van der Waals surface area contributed by atoms with E-state index in [0.29, 0.717) is 6.42 Å². The normalized spacial score (nSPS) is 9.89. The third-order valence-electron chi connectivity index (χ3n) is 0.687. The fourth-order valence-electron chi connectivity index (χ4n) is 0.288. The molecule has 0 aromatic rings. The van der Waals surface area contributed by atoms with Crippen molar-refractivity contribution in [1.29, 1.82) is 0 Å². The molecule has 0 N–H and O–H groups in total. The zero-order chi connectivity index (χ0) is 7.11. The van der Waals surface area contributed by atoms with Crippen LogP contribution in [0.15, 0.2) is 12.2 Å². The summed E-state index contributed by atoms with van der Waals surface area (Å²) in [6.07, 6.45) is 6.74. The molecule has 0 atom stereocenters. The molecule has 0 aromatic heterocycles. The summed E-state index contributed by atoms with van der Waals surface area (Å²) in [7, 11) is 0. The summed E-state index contributed by atoms with van der Waals surface area (Å²) >= 11 is 6.33. The molecule has 0 bridgehead atoms. The van der Waals surface area contributed by atoms with E-state index in [1.165, 1.54) is 11.8 Å². The number of aldehydes is 1. The van der Waals surface area contributed by atoms with Gasteiger partial charge in [-0.05, 0) is 12.3 Å². The van der Waals surface area contributed by atoms with Crippen LogP contribution in [0.1, 0.15) is 6.42 Å². The zero-order valence-electron chi connectivity index (χ0n) is 5.16. The summed E-state index contributed by atoms with van der Waals surface area (Å²) in [6.45, 7) is 0. The highest BCUT2D eigenvalue weighted by Gasteiger charge is 1.81. The van der Waals surface area contributed by atoms with E-state index in [1.54, 1.807) is 12.2 Å². The Morgan fingerprint density at radius 2 is 2.44 bits per heavy atom. The second kappa shape index (κ2) is 5.98. The smallest absolute Gasteiger partial charge is 0.123 e. The van der Waals surface area contributed by atoms with E-state index < -0.39 is 0 Å². The number of hydrogen-bond acceptors (Lipinski definition) is 3. The van der Waals surface area contributed by atoms with Crippen LogP contribution in [-0.4, -0.2) is 16.7 Å². The van der Waals surface area contributed by atoms with Crippen LogP contribution >= 0.6 is 24.0 Å². The molecule has 0 saturated carbocycles. The fourth-order valence-corrected chi connectivity index (χ4v) is 0.616. The fraction of sp³-hybridized carbons (Fsp3) is 0.333. The predicted molar refractivity (Wildman–Crippen MR) is 45.9 cm³/mol. The van der Waals surface area contributed by atoms with Crippen molar-refractivity contribution in [2.75, 3.05) is 6.26 Å². The second-order valence-corrected chi connectivity index (χ2v) is 2.87. The van der Waals surface area contributed by atoms with Crippen LogP contribution in [-0.2, 0) is 4.79 Å². The molecule has 0 radical (unpaired) electrons. The summed E-state index contributed by atoms with van der Waals surface area (Å²) in [5, 5.41) is 0. The van der Waals surface area contributed by atoms with Gasteiger partial charge in [-0.15, -0.1) is 11.8 Å². The van der Waals surface area contributed by atoms with Gasteiger partial charge in [0.25, 0.3) is 0 Å². The zero-order valence-corrected chi connectivity index (χ0v) is 6.80. The molecule has 1 nitrogen and oxygen atoms in total. The summed E-state index contributed by atoms with van der Waals surface area (Å²) < 4.78 is 0.817. The Kier molecular flexibility index (Phi) is 5.88. The van der Waals surface area contributed by atoms with Crippen molar-refractivity contribution in [3.8, 4) is 0 Å². The van der Waals surface area contributed by atoms with Crippen LogP contribution in [0.25, 0.3) is 0 Å². The predicted octanol–water partition coefficient (Wildman–Crippen LogP) is 1.82. The van der Waals surface area contributed by atoms with Gasteiger partial charge < -0.3 is 4.79 Å². The van der Waals surface area contributed by atoms with Gasteiger partial charge in [0, 0.05) is 6.42 Å². The molecule has 50 valence electrons. The Bertz CT molecular complexity index is 129. The molecule has 0 aromatic carbocycles. The highest BCUT2D eigenvalue weighted by molar-refractivity contribution is 8.23. The quantitative estimate of drug-likeness (QED) is 0.356. The molecule has 0 saturated heterocycles. The topological polar surface area (TPSA) is 17.1 Å². The van der Waals surface area contributed by atoms with Crippen LogP contribution in [0.4, 0.5) is 0 Å². The number of hydrogen-bond donors (Lipinski definition) is 0. The molecule has 9 heavy (non-hydrogen) atoms. The van der Waals surface area contributed by atoms with Crippen molar-refractivity contribution >= 4 is 34.5 Å². The number of allylic oxidation sites excluding steroid dienone is 1. The van der Waals surface area contributed by atoms with Gasteiger partial charge in [0.15, 0.2) is 0 Å². The van der Waals surface area contributed by atoms with Crippen LogP contribution in [0.3, 0.4) is 0 Å². The molecule has 0 spiro atoms. The lowest BCUT2D eigenvalue weighted by Crippen LogP contribution is -1.76. The van der Waals surface area contributed by atoms with Crippen LogP contribution in [0.5, 0.6) is 0 Å².